The van der Waals surface area contributed by atoms with Crippen molar-refractivity contribution in [3.8, 4) is 17.3 Å². The van der Waals surface area contributed by atoms with Crippen LogP contribution in [0.1, 0.15) is 12.1 Å². The van der Waals surface area contributed by atoms with E-state index in [2.05, 4.69) is 24.9 Å². The van der Waals surface area contributed by atoms with Gasteiger partial charge in [-0.1, -0.05) is 17.4 Å². The monoisotopic (exact) mass is 610 g/mol. The quantitative estimate of drug-likeness (QED) is 0.214. The first-order chi connectivity index (χ1) is 20.7. The molecule has 1 aliphatic rings. The molecular weight excluding hydrogens is 588 g/mol. The van der Waals surface area contributed by atoms with Crippen molar-refractivity contribution in [2.45, 2.75) is 12.5 Å². The summed E-state index contributed by atoms with van der Waals surface area (Å²) >= 11 is 0.801. The maximum absolute atomic E-state index is 16.1. The molecule has 15 heteroatoms. The van der Waals surface area contributed by atoms with Crippen molar-refractivity contribution < 1.29 is 27.1 Å². The molecule has 4 aromatic heterocycles. The van der Waals surface area contributed by atoms with Crippen molar-refractivity contribution >= 4 is 55.4 Å². The molecule has 1 amide bonds. The lowest BCUT2D eigenvalue weighted by atomic mass is 10.1. The number of nitrogens with zero attached hydrogens (tertiary/aromatic N) is 7. The fourth-order valence-corrected chi connectivity index (χ4v) is 5.78. The first-order valence-electron chi connectivity index (χ1n) is 12.9. The van der Waals surface area contributed by atoms with Crippen LogP contribution < -0.4 is 15.4 Å². The van der Waals surface area contributed by atoms with Crippen LogP contribution in [0.5, 0.6) is 6.01 Å². The Labute approximate surface area is 245 Å². The lowest BCUT2D eigenvalue weighted by molar-refractivity contribution is -0.127. The van der Waals surface area contributed by atoms with Crippen LogP contribution in [0.2, 0.25) is 0 Å². The number of methoxy groups -OCH3 is 1. The second-order valence-electron chi connectivity index (χ2n) is 9.71. The van der Waals surface area contributed by atoms with E-state index < -0.39 is 34.9 Å². The number of amides is 1. The third kappa shape index (κ3) is 5.05. The Hall–Kier alpha value is -4.92. The molecule has 5 heterocycles. The molecule has 220 valence electrons. The highest BCUT2D eigenvalue weighted by molar-refractivity contribution is 7.22. The Morgan fingerprint density at radius 2 is 1.98 bits per heavy atom. The summed E-state index contributed by atoms with van der Waals surface area (Å²) in [7, 11) is 2.99. The summed E-state index contributed by atoms with van der Waals surface area (Å²) in [6.07, 6.45) is 4.31. The van der Waals surface area contributed by atoms with Gasteiger partial charge in [0.1, 0.15) is 28.7 Å². The molecule has 2 N–H and O–H groups in total. The number of benzene rings is 1. The molecule has 1 aliphatic heterocycles. The molecule has 1 aromatic carbocycles. The minimum atomic E-state index is -1.07. The van der Waals surface area contributed by atoms with Gasteiger partial charge in [0.25, 0.3) is 5.91 Å². The van der Waals surface area contributed by atoms with Crippen LogP contribution in [0, 0.1) is 17.5 Å². The number of nitrogens with two attached hydrogens (primary N) is 1. The summed E-state index contributed by atoms with van der Waals surface area (Å²) in [5.41, 5.74) is 4.85. The zero-order valence-electron chi connectivity index (χ0n) is 22.7. The summed E-state index contributed by atoms with van der Waals surface area (Å²) in [5.74, 6) is -4.45. The highest BCUT2D eigenvalue weighted by Crippen LogP contribution is 2.39. The van der Waals surface area contributed by atoms with Gasteiger partial charge in [-0.2, -0.15) is 9.97 Å². The molecule has 1 atom stereocenters. The van der Waals surface area contributed by atoms with Crippen molar-refractivity contribution in [2.24, 2.45) is 0 Å². The van der Waals surface area contributed by atoms with Gasteiger partial charge in [0, 0.05) is 50.7 Å². The summed E-state index contributed by atoms with van der Waals surface area (Å²) < 4.78 is 65.4. The summed E-state index contributed by atoms with van der Waals surface area (Å²) in [6.45, 7) is 0.426. The van der Waals surface area contributed by atoms with Crippen molar-refractivity contribution in [1.29, 1.82) is 0 Å². The number of aromatic nitrogens is 5. The van der Waals surface area contributed by atoms with Crippen LogP contribution in [0.15, 0.2) is 42.5 Å². The number of carbonyl (C=O) groups is 1. The summed E-state index contributed by atoms with van der Waals surface area (Å²) in [4.78, 5) is 36.6. The van der Waals surface area contributed by atoms with E-state index in [1.165, 1.54) is 24.4 Å². The second-order valence-corrected chi connectivity index (χ2v) is 10.7. The maximum atomic E-state index is 16.1. The molecule has 43 heavy (non-hydrogen) atoms. The Balaban J connectivity index is 1.35. The predicted molar refractivity (Wildman–Crippen MR) is 153 cm³/mol. The molecule has 10 nitrogen and oxygen atoms in total. The number of thiazole rings is 1. The van der Waals surface area contributed by atoms with Gasteiger partial charge in [0.15, 0.2) is 16.8 Å². The maximum Gasteiger partial charge on any atom is 0.318 e. The predicted octanol–water partition coefficient (Wildman–Crippen LogP) is 4.75. The minimum absolute atomic E-state index is 0.0222. The molecule has 0 aliphatic carbocycles. The van der Waals surface area contributed by atoms with Gasteiger partial charge >= 0.3 is 6.01 Å². The molecule has 0 saturated carbocycles. The lowest BCUT2D eigenvalue weighted by Gasteiger charge is -2.27. The normalized spacial score (nSPS) is 15.4. The first-order valence-corrected chi connectivity index (χ1v) is 13.7. The van der Waals surface area contributed by atoms with Gasteiger partial charge in [0.2, 0.25) is 0 Å². The number of hydrogen-bond donors (Lipinski definition) is 1. The van der Waals surface area contributed by atoms with E-state index in [1.807, 2.05) is 0 Å². The number of rotatable bonds is 6. The lowest BCUT2D eigenvalue weighted by Crippen LogP contribution is -2.37. The van der Waals surface area contributed by atoms with Crippen LogP contribution in [0.25, 0.3) is 38.5 Å². The van der Waals surface area contributed by atoms with Crippen LogP contribution in [0.4, 0.5) is 28.5 Å². The zero-order chi connectivity index (χ0) is 30.4. The van der Waals surface area contributed by atoms with Crippen molar-refractivity contribution in [1.82, 2.24) is 29.8 Å². The van der Waals surface area contributed by atoms with Crippen LogP contribution in [0.3, 0.4) is 0 Å². The van der Waals surface area contributed by atoms with Gasteiger partial charge < -0.3 is 20.3 Å². The minimum Gasteiger partial charge on any atom is -0.467 e. The smallest absolute Gasteiger partial charge is 0.318 e. The highest BCUT2D eigenvalue weighted by atomic mass is 32.1. The highest BCUT2D eigenvalue weighted by Gasteiger charge is 2.33. The van der Waals surface area contributed by atoms with Crippen LogP contribution in [-0.4, -0.2) is 69.0 Å². The second kappa shape index (κ2) is 11.1. The van der Waals surface area contributed by atoms with Crippen molar-refractivity contribution in [3.63, 3.8) is 0 Å². The first kappa shape index (κ1) is 28.2. The Bertz CT molecular complexity index is 1920. The van der Waals surface area contributed by atoms with E-state index >= 15 is 8.78 Å². The molecule has 6 rings (SSSR count). The standard InChI is InChI=1S/C28H22F4N8O2S/c1-39(14-6-8-40(12-14)26(41)18(31)9-13-5-3-4-7-34-13)25-15-11-35-22(20(32)21(15)37-28(38-25)42-2)19-16(29)10-17(30)24-23(19)36-27(33)43-24/h3-5,7,9-11,14H,6,8,12H2,1-2H3,(H2,33,36)/b18-9-. The van der Waals surface area contributed by atoms with Crippen molar-refractivity contribution in [3.05, 3.63) is 65.6 Å². The number of hydrogen-bond acceptors (Lipinski definition) is 10. The Kier molecular flexibility index (Phi) is 7.25. The molecule has 0 bridgehead atoms. The number of likely N-dealkylation sites (N-methyl/N-ethyl adjacent to an activating group) is 1. The Morgan fingerprint density at radius 3 is 2.72 bits per heavy atom. The average Bonchev–Trinajstić information content (AvgIpc) is 3.65. The van der Waals surface area contributed by atoms with Gasteiger partial charge in [-0.15, -0.1) is 0 Å². The topological polar surface area (TPSA) is 123 Å². The van der Waals surface area contributed by atoms with E-state index in [4.69, 9.17) is 10.5 Å². The van der Waals surface area contributed by atoms with E-state index in [-0.39, 0.29) is 62.8 Å². The number of pyridine rings is 2. The van der Waals surface area contributed by atoms with Gasteiger partial charge in [-0.3, -0.25) is 14.8 Å². The molecular formula is C28H22F4N8O2S. The number of halogens is 4. The molecule has 1 saturated heterocycles. The largest absolute Gasteiger partial charge is 0.467 e. The Morgan fingerprint density at radius 1 is 1.16 bits per heavy atom. The van der Waals surface area contributed by atoms with Crippen molar-refractivity contribution in [2.75, 3.05) is 37.9 Å². The fraction of sp³-hybridized carbons (Fsp3) is 0.214. The van der Waals surface area contributed by atoms with Gasteiger partial charge in [-0.05, 0) is 18.6 Å². The molecule has 1 fully saturated rings. The van der Waals surface area contributed by atoms with Crippen LogP contribution in [-0.2, 0) is 4.79 Å². The molecule has 5 aromatic rings. The number of fused-ring (bicyclic) bond motifs is 2. The van der Waals surface area contributed by atoms with Gasteiger partial charge in [-0.25, -0.2) is 22.5 Å². The SMILES string of the molecule is COc1nc(N(C)C2CCN(C(=O)/C(F)=C/c3ccccn3)C2)c2cnc(-c3c(F)cc(F)c4sc(N)nc34)c(F)c2n1. The van der Waals surface area contributed by atoms with Gasteiger partial charge in [0.05, 0.1) is 34.0 Å². The number of ether oxygens (including phenoxy) is 1. The number of nitrogen functional groups attached to an aromatic ring is 1. The fourth-order valence-electron chi connectivity index (χ4n) is 5.03. The summed E-state index contributed by atoms with van der Waals surface area (Å²) in [6, 6.07) is 5.07. The van der Waals surface area contributed by atoms with Crippen LogP contribution >= 0.6 is 11.3 Å². The third-order valence-corrected chi connectivity index (χ3v) is 8.04. The molecule has 1 unspecified atom stereocenters. The third-order valence-electron chi connectivity index (χ3n) is 7.15. The number of anilines is 2. The molecule has 0 radical (unpaired) electrons. The summed E-state index contributed by atoms with van der Waals surface area (Å²) in [5, 5.41) is 0.151. The average molecular weight is 611 g/mol. The number of carbonyl (C=O) groups excluding carboxylic acids is 1. The van der Waals surface area contributed by atoms with E-state index in [0.29, 0.717) is 18.2 Å². The van der Waals surface area contributed by atoms with E-state index in [1.54, 1.807) is 30.1 Å². The number of likely N-dealkylation sites (tertiary alicyclic amines) is 1. The van der Waals surface area contributed by atoms with E-state index in [0.717, 1.165) is 17.4 Å². The molecule has 0 spiro atoms. The van der Waals surface area contributed by atoms with E-state index in [9.17, 15) is 13.6 Å². The zero-order valence-corrected chi connectivity index (χ0v) is 23.5.